The second kappa shape index (κ2) is 7.92. The predicted octanol–water partition coefficient (Wildman–Crippen LogP) is 1.35. The van der Waals surface area contributed by atoms with Gasteiger partial charge in [0.15, 0.2) is 0 Å². The van der Waals surface area contributed by atoms with Crippen LogP contribution in [0.3, 0.4) is 0 Å². The van der Waals surface area contributed by atoms with Crippen molar-refractivity contribution in [3.05, 3.63) is 0 Å². The minimum atomic E-state index is -0.443. The number of ketones is 1. The molecule has 0 aliphatic heterocycles. The average Bonchev–Trinajstić information content (AvgIpc) is 2.16. The summed E-state index contributed by atoms with van der Waals surface area (Å²) in [4.78, 5) is 20.9. The first-order valence-corrected chi connectivity index (χ1v) is 4.85. The Morgan fingerprint density at radius 1 is 1.38 bits per heavy atom. The fraction of sp³-hybridized carbons (Fsp3) is 0.800. The van der Waals surface area contributed by atoms with Gasteiger partial charge in [-0.25, -0.2) is 0 Å². The van der Waals surface area contributed by atoms with E-state index in [1.165, 1.54) is 0 Å². The van der Waals surface area contributed by atoms with Crippen LogP contribution < -0.4 is 5.73 Å². The second-order valence-corrected chi connectivity index (χ2v) is 3.22. The van der Waals surface area contributed by atoms with E-state index in [1.54, 1.807) is 6.29 Å². The molecule has 0 aliphatic carbocycles. The van der Waals surface area contributed by atoms with Crippen molar-refractivity contribution in [1.29, 1.82) is 0 Å². The lowest BCUT2D eigenvalue weighted by molar-refractivity contribution is -0.118. The highest BCUT2D eigenvalue weighted by molar-refractivity contribution is 5.77. The number of Topliss-reactive ketones (excluding diaryl/α,β-unsaturated/α-hetero) is 1. The molecule has 0 spiro atoms. The van der Waals surface area contributed by atoms with Crippen LogP contribution in [0.2, 0.25) is 0 Å². The molecule has 0 bridgehead atoms. The van der Waals surface area contributed by atoms with E-state index in [0.717, 1.165) is 19.3 Å². The summed E-state index contributed by atoms with van der Waals surface area (Å²) in [7, 11) is 0. The third kappa shape index (κ3) is 7.65. The Kier molecular flexibility index (Phi) is 7.50. The van der Waals surface area contributed by atoms with Crippen molar-refractivity contribution >= 4 is 12.1 Å². The Hall–Kier alpha value is -0.700. The monoisotopic (exact) mass is 184 g/mol. The molecule has 0 saturated carbocycles. The van der Waals surface area contributed by atoms with Crippen LogP contribution in [0.25, 0.3) is 0 Å². The molecule has 1 unspecified atom stereocenters. The van der Waals surface area contributed by atoms with Crippen LogP contribution in [0, 0.1) is 0 Å². The minimum absolute atomic E-state index is 0.311. The van der Waals surface area contributed by atoms with Crippen LogP contribution in [0.1, 0.15) is 45.4 Å². The number of unbranched alkanes of at least 4 members (excludes halogenated alkanes) is 2. The van der Waals surface area contributed by atoms with Crippen molar-refractivity contribution in [2.45, 2.75) is 51.5 Å². The highest BCUT2D eigenvalue weighted by Crippen LogP contribution is 2.05. The van der Waals surface area contributed by atoms with Gasteiger partial charge in [0.25, 0.3) is 0 Å². The maximum absolute atomic E-state index is 10.9. The van der Waals surface area contributed by atoms with Crippen LogP contribution in [-0.4, -0.2) is 18.1 Å². The van der Waals surface area contributed by atoms with Crippen LogP contribution >= 0.6 is 0 Å². The summed E-state index contributed by atoms with van der Waals surface area (Å²) in [6.45, 7) is 1.87. The maximum atomic E-state index is 10.9. The van der Waals surface area contributed by atoms with Crippen molar-refractivity contribution in [3.8, 4) is 0 Å². The van der Waals surface area contributed by atoms with E-state index in [0.29, 0.717) is 25.0 Å². The summed E-state index contributed by atoms with van der Waals surface area (Å²) in [5.74, 6) is 0.311. The predicted molar refractivity (Wildman–Crippen MR) is 52.1 cm³/mol. The molecule has 0 saturated heterocycles. The van der Waals surface area contributed by atoms with Gasteiger partial charge in [0.2, 0.25) is 6.29 Å². The van der Waals surface area contributed by atoms with Gasteiger partial charge in [0.1, 0.15) is 5.78 Å². The van der Waals surface area contributed by atoms with Gasteiger partial charge in [-0.1, -0.05) is 19.8 Å². The zero-order valence-electron chi connectivity index (χ0n) is 8.21. The summed E-state index contributed by atoms with van der Waals surface area (Å²) >= 11 is 0. The number of nitrogens with two attached hydrogens (primary N) is 1. The van der Waals surface area contributed by atoms with E-state index >= 15 is 0 Å². The summed E-state index contributed by atoms with van der Waals surface area (Å²) < 4.78 is 0. The lowest BCUT2D eigenvalue weighted by Crippen LogP contribution is -2.20. The molecule has 1 atom stereocenters. The van der Waals surface area contributed by atoms with Crippen LogP contribution in [0.4, 0.5) is 0 Å². The molecule has 3 heteroatoms. The topological polar surface area (TPSA) is 60.2 Å². The fourth-order valence-electron chi connectivity index (χ4n) is 1.10. The molecule has 0 aromatic rings. The second-order valence-electron chi connectivity index (χ2n) is 3.22. The third-order valence-corrected chi connectivity index (χ3v) is 2.02. The van der Waals surface area contributed by atoms with Crippen molar-refractivity contribution in [2.24, 2.45) is 5.73 Å². The lowest BCUT2D eigenvalue weighted by Gasteiger charge is -2.01. The van der Waals surface area contributed by atoms with Gasteiger partial charge in [-0.05, 0) is 12.8 Å². The molecule has 0 aromatic heterocycles. The number of carbonyl (C=O) groups is 1. The Morgan fingerprint density at radius 2 is 2.08 bits per heavy atom. The van der Waals surface area contributed by atoms with Gasteiger partial charge in [-0.3, -0.25) is 9.59 Å². The smallest absolute Gasteiger partial charge is 0.216 e. The number of hydrogen-bond acceptors (Lipinski definition) is 3. The molecule has 3 nitrogen and oxygen atoms in total. The van der Waals surface area contributed by atoms with E-state index < -0.39 is 6.04 Å². The summed E-state index contributed by atoms with van der Waals surface area (Å²) in [6.07, 6.45) is 6.51. The maximum Gasteiger partial charge on any atom is 0.216 e. The molecule has 75 valence electrons. The molecule has 0 fully saturated rings. The van der Waals surface area contributed by atoms with Gasteiger partial charge in [-0.2, -0.15) is 0 Å². The molecule has 0 aliphatic rings. The molecule has 1 radical (unpaired) electrons. The van der Waals surface area contributed by atoms with Crippen LogP contribution in [-0.2, 0) is 9.59 Å². The molecule has 0 rings (SSSR count). The molecular weight excluding hydrogens is 166 g/mol. The van der Waals surface area contributed by atoms with Gasteiger partial charge >= 0.3 is 0 Å². The van der Waals surface area contributed by atoms with E-state index in [4.69, 9.17) is 5.73 Å². The number of hydrogen-bond donors (Lipinski definition) is 1. The van der Waals surface area contributed by atoms with Crippen molar-refractivity contribution < 1.29 is 9.59 Å². The average molecular weight is 184 g/mol. The highest BCUT2D eigenvalue weighted by atomic mass is 16.1. The third-order valence-electron chi connectivity index (χ3n) is 2.02. The molecule has 0 aromatic carbocycles. The van der Waals surface area contributed by atoms with Gasteiger partial charge < -0.3 is 5.73 Å². The Labute approximate surface area is 79.7 Å². The van der Waals surface area contributed by atoms with E-state index in [1.807, 2.05) is 6.92 Å². The van der Waals surface area contributed by atoms with E-state index in [9.17, 15) is 9.59 Å². The van der Waals surface area contributed by atoms with E-state index in [2.05, 4.69) is 0 Å². The standard InChI is InChI=1S/C10H18NO2/c1-2-10(13)7-5-3-4-6-9(11)8-12/h9H,2-7,11H2,1H3. The largest absolute Gasteiger partial charge is 0.321 e. The lowest BCUT2D eigenvalue weighted by atomic mass is 10.1. The first-order chi connectivity index (χ1) is 6.20. The van der Waals surface area contributed by atoms with Crippen LogP contribution in [0.5, 0.6) is 0 Å². The summed E-state index contributed by atoms with van der Waals surface area (Å²) in [5.41, 5.74) is 5.35. The normalized spacial score (nSPS) is 12.5. The first-order valence-electron chi connectivity index (χ1n) is 4.85. The Bertz CT molecular complexity index is 157. The highest BCUT2D eigenvalue weighted by Gasteiger charge is 2.01. The quantitative estimate of drug-likeness (QED) is 0.579. The van der Waals surface area contributed by atoms with Crippen molar-refractivity contribution in [1.82, 2.24) is 0 Å². The molecular formula is C10H18NO2. The van der Waals surface area contributed by atoms with Crippen molar-refractivity contribution in [2.75, 3.05) is 0 Å². The summed E-state index contributed by atoms with van der Waals surface area (Å²) in [5, 5.41) is 0. The minimum Gasteiger partial charge on any atom is -0.321 e. The van der Waals surface area contributed by atoms with Gasteiger partial charge in [0, 0.05) is 12.8 Å². The zero-order chi connectivity index (χ0) is 10.1. The van der Waals surface area contributed by atoms with E-state index in [-0.39, 0.29) is 0 Å². The molecule has 0 amide bonds. The number of carbonyl (C=O) groups excluding carboxylic acids is 2. The molecule has 13 heavy (non-hydrogen) atoms. The van der Waals surface area contributed by atoms with Crippen LogP contribution in [0.15, 0.2) is 0 Å². The SMILES string of the molecule is CCC(=O)CCCCCC(N)[C]=O. The first kappa shape index (κ1) is 12.3. The van der Waals surface area contributed by atoms with Gasteiger partial charge in [0.05, 0.1) is 6.04 Å². The zero-order valence-corrected chi connectivity index (χ0v) is 8.21. The molecule has 0 heterocycles. The number of rotatable bonds is 8. The Morgan fingerprint density at radius 3 is 2.62 bits per heavy atom. The fourth-order valence-corrected chi connectivity index (χ4v) is 1.10. The van der Waals surface area contributed by atoms with Crippen molar-refractivity contribution in [3.63, 3.8) is 0 Å². The van der Waals surface area contributed by atoms with Gasteiger partial charge in [-0.15, -0.1) is 0 Å². The molecule has 2 N–H and O–H groups in total. The summed E-state index contributed by atoms with van der Waals surface area (Å²) in [6, 6.07) is -0.443. The Balaban J connectivity index is 3.17.